The first-order valence-corrected chi connectivity index (χ1v) is 39.7. The second-order valence-corrected chi connectivity index (χ2v) is 28.7. The molecule has 0 unspecified atom stereocenters. The lowest BCUT2D eigenvalue weighted by molar-refractivity contribution is 0.0541. The number of hydrogen-bond donors (Lipinski definition) is 4. The lowest BCUT2D eigenvalue weighted by atomic mass is 9.98. The number of amides is 2. The Morgan fingerprint density at radius 1 is 0.367 bits per heavy atom. The number of aromatic carboxylic acids is 1. The fourth-order valence-electron chi connectivity index (χ4n) is 13.3. The molecule has 0 saturated carbocycles. The number of rotatable bonds is 39. The van der Waals surface area contributed by atoms with E-state index in [0.29, 0.717) is 159 Å². The molecule has 22 nitrogen and oxygen atoms in total. The molecule has 0 bridgehead atoms. The molecule has 4 N–H and O–H groups in total. The number of nitrogens with zero attached hydrogens (tertiary/aromatic N) is 2. The van der Waals surface area contributed by atoms with E-state index < -0.39 is 5.97 Å². The lowest BCUT2D eigenvalue weighted by Gasteiger charge is -2.21. The van der Waals surface area contributed by atoms with Gasteiger partial charge in [-0.05, 0) is 112 Å². The van der Waals surface area contributed by atoms with Gasteiger partial charge in [-0.25, -0.2) is 4.79 Å². The maximum Gasteiger partial charge on any atom is 0.339 e. The topological polar surface area (TPSA) is 250 Å². The molecular weight excluding hydrogens is 1520 g/mol. The number of phenolic OH excluding ortho intramolecular Hbond substituents is 2. The van der Waals surface area contributed by atoms with Gasteiger partial charge in [-0.3, -0.25) is 9.59 Å². The Labute approximate surface area is 705 Å². The highest BCUT2D eigenvalue weighted by Gasteiger charge is 2.32. The number of phenols is 2. The number of methoxy groups -OCH3 is 3. The highest BCUT2D eigenvalue weighted by Crippen LogP contribution is 2.41. The number of carboxylic acid groups (broad SMARTS) is 1. The number of aromatic hydroxyl groups is 2. The van der Waals surface area contributed by atoms with Gasteiger partial charge in [0.25, 0.3) is 11.8 Å². The predicted octanol–water partition coefficient (Wildman–Crippen LogP) is 18.0. The molecule has 2 amide bonds. The van der Waals surface area contributed by atoms with E-state index in [1.807, 2.05) is 215 Å². The van der Waals surface area contributed by atoms with Crippen molar-refractivity contribution in [1.29, 1.82) is 0 Å². The molecule has 3 aliphatic heterocycles. The first-order chi connectivity index (χ1) is 57.9. The van der Waals surface area contributed by atoms with Crippen molar-refractivity contribution in [3.63, 3.8) is 0 Å². The summed E-state index contributed by atoms with van der Waals surface area (Å²) in [4.78, 5) is 42.5. The Bertz CT molecular complexity index is 4850. The molecule has 22 heteroatoms. The third-order valence-electron chi connectivity index (χ3n) is 19.5. The summed E-state index contributed by atoms with van der Waals surface area (Å²) < 4.78 is 73.2. The van der Waals surface area contributed by atoms with E-state index in [1.165, 1.54) is 17.2 Å². The Hall–Kier alpha value is -12.0. The SMILES string of the molecule is C.C=C(C)c1cc(C(=O)N2Cc3cccc(OCCOCCOC)c3C2)c(OCc2ccccc2)cc1OCc1ccccc1.C=C(C)c1cc(C(=O)O)c(OCc2ccccc2)cc1OCc1ccccc1.COCCOCCOc1cccc2c1CN(C(=O)c1cc(C(C)C)c(O)cc1O)C2.COCCOCCOc1cccc2c1CNC2. The number of carbonyl (C=O) groups excluding carboxylic acids is 2. The van der Waals surface area contributed by atoms with Gasteiger partial charge in [0, 0.05) is 93.5 Å². The molecule has 10 aromatic carbocycles. The highest BCUT2D eigenvalue weighted by molar-refractivity contribution is 5.99. The van der Waals surface area contributed by atoms with Crippen LogP contribution in [0, 0.1) is 0 Å². The summed E-state index contributed by atoms with van der Waals surface area (Å²) >= 11 is 0. The largest absolute Gasteiger partial charge is 0.508 e. The van der Waals surface area contributed by atoms with Gasteiger partial charge >= 0.3 is 5.97 Å². The van der Waals surface area contributed by atoms with Crippen molar-refractivity contribution in [3.8, 4) is 51.7 Å². The van der Waals surface area contributed by atoms with Gasteiger partial charge in [0.05, 0.1) is 83.7 Å². The van der Waals surface area contributed by atoms with Crippen molar-refractivity contribution in [2.24, 2.45) is 0 Å². The normalized spacial score (nSPS) is 12.0. The predicted molar refractivity (Wildman–Crippen MR) is 465 cm³/mol. The van der Waals surface area contributed by atoms with Crippen LogP contribution < -0.4 is 38.5 Å². The fraction of sp³-hybridized carbons (Fsp3) is 0.316. The van der Waals surface area contributed by atoms with Crippen LogP contribution >= 0.6 is 0 Å². The first-order valence-electron chi connectivity index (χ1n) is 39.7. The van der Waals surface area contributed by atoms with Gasteiger partial charge in [0.15, 0.2) is 0 Å². The van der Waals surface area contributed by atoms with E-state index in [1.54, 1.807) is 44.4 Å². The molecule has 0 atom stereocenters. The molecule has 0 radical (unpaired) electrons. The van der Waals surface area contributed by atoms with Gasteiger partial charge < -0.3 is 92.0 Å². The van der Waals surface area contributed by atoms with E-state index in [0.717, 1.165) is 91.6 Å². The average molecular weight is 1640 g/mol. The summed E-state index contributed by atoms with van der Waals surface area (Å²) in [5, 5.41) is 33.2. The van der Waals surface area contributed by atoms with Gasteiger partial charge in [-0.2, -0.15) is 0 Å². The van der Waals surface area contributed by atoms with Crippen molar-refractivity contribution in [2.45, 2.75) is 107 Å². The number of hydrogen-bond acceptors (Lipinski definition) is 19. The summed E-state index contributed by atoms with van der Waals surface area (Å²) in [7, 11) is 4.94. The molecule has 0 aliphatic carbocycles. The molecule has 0 saturated heterocycles. The molecule has 3 aliphatic rings. The fourth-order valence-corrected chi connectivity index (χ4v) is 13.3. The maximum atomic E-state index is 14.2. The Morgan fingerprint density at radius 2 is 0.717 bits per heavy atom. The summed E-state index contributed by atoms with van der Waals surface area (Å²) in [5.41, 5.74) is 15.0. The molecule has 0 fully saturated rings. The smallest absolute Gasteiger partial charge is 0.339 e. The number of nitrogens with one attached hydrogen (secondary N) is 1. The molecule has 634 valence electrons. The number of carbonyl (C=O) groups is 3. The zero-order valence-corrected chi connectivity index (χ0v) is 69.0. The van der Waals surface area contributed by atoms with Crippen LogP contribution in [-0.4, -0.2) is 144 Å². The highest BCUT2D eigenvalue weighted by atomic mass is 16.6. The van der Waals surface area contributed by atoms with Gasteiger partial charge in [0.1, 0.15) is 104 Å². The molecule has 0 aromatic heterocycles. The number of allylic oxidation sites excluding steroid dienone is 2. The van der Waals surface area contributed by atoms with Crippen LogP contribution in [0.5, 0.6) is 51.7 Å². The monoisotopic (exact) mass is 1640 g/mol. The van der Waals surface area contributed by atoms with E-state index >= 15 is 0 Å². The van der Waals surface area contributed by atoms with E-state index in [2.05, 4.69) is 24.5 Å². The van der Waals surface area contributed by atoms with Crippen LogP contribution in [0.2, 0.25) is 0 Å². The summed E-state index contributed by atoms with van der Waals surface area (Å²) in [5.74, 6) is 2.71. The molecule has 10 aromatic rings. The van der Waals surface area contributed by atoms with Crippen molar-refractivity contribution >= 4 is 28.9 Å². The Balaban J connectivity index is 0.000000190. The standard InChI is InChI=1S/C37H39NO6.C24H22O4.C23H29NO6.C13H19NO3.CH4/c1-27(2)31-21-32(37(39)38-23-30-15-10-16-34(33(30)24-38)42-20-19-41-18-17-40-3)36(44-26-29-13-8-5-9-14-29)22-35(31)43-25-28-11-6-4-7-12-28;1-17(2)20-13-21(24(25)26)23(28-16-19-11-7-4-8-12-19)14-22(20)27-15-18-9-5-3-6-10-18;1-15(2)17-11-18(21(26)12-20(17)25)23(27)24-13-16-5-4-6-22(19(16)14-24)30-10-9-29-8-7-28-3;1-15-5-6-16-7-8-17-13-4-2-3-11-9-14-10-12(11)13;/h4-16,21-22H,1,17-20,23-26H2,2-3H3;3-14H,1,15-16H2,2H3,(H,25,26);4-6,11-12,15,25-26H,7-10,13-14H2,1-3H3;2-4,14H,5-10H2,1H3;1H4. The third kappa shape index (κ3) is 27.0. The third-order valence-corrected chi connectivity index (χ3v) is 19.5. The van der Waals surface area contributed by atoms with Gasteiger partial charge in [-0.1, -0.05) is 192 Å². The van der Waals surface area contributed by atoms with Crippen molar-refractivity contribution in [3.05, 3.63) is 314 Å². The number of ether oxygens (including phenoxy) is 13. The van der Waals surface area contributed by atoms with Crippen molar-refractivity contribution < 1.29 is 91.3 Å². The summed E-state index contributed by atoms with van der Waals surface area (Å²) in [6.07, 6.45) is 0. The van der Waals surface area contributed by atoms with E-state index in [9.17, 15) is 29.7 Å². The van der Waals surface area contributed by atoms with Crippen LogP contribution in [0.15, 0.2) is 225 Å². The zero-order valence-electron chi connectivity index (χ0n) is 69.0. The zero-order chi connectivity index (χ0) is 84.3. The van der Waals surface area contributed by atoms with Gasteiger partial charge in [-0.15, -0.1) is 0 Å². The number of fused-ring (bicyclic) bond motifs is 3. The lowest BCUT2D eigenvalue weighted by Crippen LogP contribution is -2.26. The number of carboxylic acids is 1. The van der Waals surface area contributed by atoms with Crippen LogP contribution in [0.4, 0.5) is 0 Å². The first kappa shape index (κ1) is 91.9. The van der Waals surface area contributed by atoms with Gasteiger partial charge in [0.2, 0.25) is 0 Å². The van der Waals surface area contributed by atoms with Crippen LogP contribution in [-0.2, 0) is 94.1 Å². The van der Waals surface area contributed by atoms with Crippen LogP contribution in [0.3, 0.4) is 0 Å². The summed E-state index contributed by atoms with van der Waals surface area (Å²) in [6, 6.07) is 66.8. The molecule has 13 rings (SSSR count). The minimum absolute atomic E-state index is 0. The minimum Gasteiger partial charge on any atom is -0.508 e. The molecule has 0 spiro atoms. The quantitative estimate of drug-likeness (QED) is 0.0261. The second-order valence-electron chi connectivity index (χ2n) is 28.7. The average Bonchev–Trinajstić information content (AvgIpc) is 1.61. The summed E-state index contributed by atoms with van der Waals surface area (Å²) in [6.45, 7) is 26.9. The molecule has 3 heterocycles. The van der Waals surface area contributed by atoms with Crippen LogP contribution in [0.25, 0.3) is 11.1 Å². The van der Waals surface area contributed by atoms with Crippen molar-refractivity contribution in [1.82, 2.24) is 15.1 Å². The van der Waals surface area contributed by atoms with Crippen LogP contribution in [0.1, 0.15) is 144 Å². The van der Waals surface area contributed by atoms with E-state index in [4.69, 9.17) is 61.6 Å². The minimum atomic E-state index is -1.06. The maximum absolute atomic E-state index is 14.2. The second kappa shape index (κ2) is 48.2. The van der Waals surface area contributed by atoms with E-state index in [-0.39, 0.29) is 60.1 Å². The number of benzene rings is 10. The Kier molecular flexibility index (Phi) is 36.9. The van der Waals surface area contributed by atoms with Crippen molar-refractivity contribution in [2.75, 3.05) is 101 Å². The molecular formula is C98H113N3O19. The molecule has 120 heavy (non-hydrogen) atoms. The Morgan fingerprint density at radius 3 is 1.09 bits per heavy atom.